The first-order valence-electron chi connectivity index (χ1n) is 5.38. The van der Waals surface area contributed by atoms with E-state index in [1.54, 1.807) is 0 Å². The van der Waals surface area contributed by atoms with Gasteiger partial charge in [0.15, 0.2) is 0 Å². The monoisotopic (exact) mass is 256 g/mol. The summed E-state index contributed by atoms with van der Waals surface area (Å²) in [6, 6.07) is 3.45. The summed E-state index contributed by atoms with van der Waals surface area (Å²) in [7, 11) is 0. The number of hydrogen-bond acceptors (Lipinski definition) is 4. The van der Waals surface area contributed by atoms with Crippen LogP contribution in [0, 0.1) is 16.0 Å². The molecular weight excluding hydrogens is 244 g/mol. The lowest BCUT2D eigenvalue weighted by atomic mass is 9.97. The minimum absolute atomic E-state index is 0.0957. The van der Waals surface area contributed by atoms with Gasteiger partial charge in [-0.25, -0.2) is 0 Å². The molecule has 1 aromatic rings. The molecule has 1 fully saturated rings. The molecular formula is C11H13ClN2O3. The molecule has 1 aromatic carbocycles. The molecule has 0 spiro atoms. The highest BCUT2D eigenvalue weighted by Gasteiger charge is 2.36. The lowest BCUT2D eigenvalue weighted by Gasteiger charge is -2.18. The summed E-state index contributed by atoms with van der Waals surface area (Å²) in [6.07, 6.45) is 1.10. The number of nitro benzene ring substituents is 1. The fraction of sp³-hybridized carbons (Fsp3) is 0.455. The normalized spacial score (nSPS) is 18.8. The van der Waals surface area contributed by atoms with Crippen molar-refractivity contribution in [2.75, 3.05) is 0 Å². The van der Waals surface area contributed by atoms with E-state index in [9.17, 15) is 15.2 Å². The number of rotatable bonds is 4. The highest BCUT2D eigenvalue weighted by molar-refractivity contribution is 6.30. The number of nitrogens with two attached hydrogens (primary N) is 1. The first kappa shape index (κ1) is 12.3. The van der Waals surface area contributed by atoms with Crippen molar-refractivity contribution < 1.29 is 10.0 Å². The largest absolute Gasteiger partial charge is 0.391 e. The van der Waals surface area contributed by atoms with Crippen molar-refractivity contribution in [3.63, 3.8) is 0 Å². The summed E-state index contributed by atoms with van der Waals surface area (Å²) in [6.45, 7) is 0. The van der Waals surface area contributed by atoms with E-state index < -0.39 is 17.1 Å². The van der Waals surface area contributed by atoms with Gasteiger partial charge in [-0.05, 0) is 30.9 Å². The van der Waals surface area contributed by atoms with Crippen LogP contribution in [0.2, 0.25) is 5.02 Å². The van der Waals surface area contributed by atoms with Gasteiger partial charge in [-0.1, -0.05) is 11.6 Å². The summed E-state index contributed by atoms with van der Waals surface area (Å²) in [4.78, 5) is 10.4. The first-order chi connectivity index (χ1) is 8.00. The Labute approximate surface area is 103 Å². The topological polar surface area (TPSA) is 89.4 Å². The maximum atomic E-state index is 10.9. The molecule has 0 unspecified atom stereocenters. The van der Waals surface area contributed by atoms with Crippen LogP contribution < -0.4 is 5.73 Å². The Balaban J connectivity index is 2.34. The smallest absolute Gasteiger partial charge is 0.274 e. The second-order valence-corrected chi connectivity index (χ2v) is 4.75. The van der Waals surface area contributed by atoms with Crippen molar-refractivity contribution in [1.29, 1.82) is 0 Å². The predicted molar refractivity (Wildman–Crippen MR) is 63.8 cm³/mol. The van der Waals surface area contributed by atoms with Gasteiger partial charge in [0, 0.05) is 11.1 Å². The molecule has 0 radical (unpaired) electrons. The summed E-state index contributed by atoms with van der Waals surface area (Å²) in [5.74, 6) is 0.156. The third-order valence-electron chi connectivity index (χ3n) is 3.02. The van der Waals surface area contributed by atoms with E-state index in [0.717, 1.165) is 12.8 Å². The number of nitrogens with zero attached hydrogens (tertiary/aromatic N) is 1. The molecule has 5 nitrogen and oxygen atoms in total. The van der Waals surface area contributed by atoms with Crippen LogP contribution in [0.25, 0.3) is 0 Å². The van der Waals surface area contributed by atoms with Gasteiger partial charge in [-0.15, -0.1) is 0 Å². The zero-order chi connectivity index (χ0) is 12.6. The van der Waals surface area contributed by atoms with Crippen LogP contribution in [0.1, 0.15) is 24.4 Å². The van der Waals surface area contributed by atoms with Crippen LogP contribution in [0.15, 0.2) is 18.2 Å². The Morgan fingerprint density at radius 3 is 2.71 bits per heavy atom. The van der Waals surface area contributed by atoms with Crippen molar-refractivity contribution >= 4 is 17.3 Å². The van der Waals surface area contributed by atoms with E-state index in [1.165, 1.54) is 18.2 Å². The number of benzene rings is 1. The van der Waals surface area contributed by atoms with E-state index in [2.05, 4.69) is 0 Å². The van der Waals surface area contributed by atoms with Crippen molar-refractivity contribution in [2.45, 2.75) is 25.0 Å². The van der Waals surface area contributed by atoms with Gasteiger partial charge in [0.25, 0.3) is 5.69 Å². The van der Waals surface area contributed by atoms with Crippen molar-refractivity contribution in [1.82, 2.24) is 0 Å². The highest BCUT2D eigenvalue weighted by Crippen LogP contribution is 2.39. The lowest BCUT2D eigenvalue weighted by Crippen LogP contribution is -2.28. The molecule has 1 aliphatic rings. The van der Waals surface area contributed by atoms with Crippen molar-refractivity contribution in [3.8, 4) is 0 Å². The molecule has 0 heterocycles. The molecule has 2 rings (SSSR count). The maximum Gasteiger partial charge on any atom is 0.274 e. The van der Waals surface area contributed by atoms with Crippen LogP contribution in [0.3, 0.4) is 0 Å². The van der Waals surface area contributed by atoms with E-state index in [-0.39, 0.29) is 11.6 Å². The molecule has 0 amide bonds. The van der Waals surface area contributed by atoms with E-state index >= 15 is 0 Å². The molecule has 0 aromatic heterocycles. The third-order valence-corrected chi connectivity index (χ3v) is 3.25. The first-order valence-corrected chi connectivity index (χ1v) is 5.76. The van der Waals surface area contributed by atoms with Gasteiger partial charge in [-0.3, -0.25) is 10.1 Å². The van der Waals surface area contributed by atoms with Crippen LogP contribution in [-0.2, 0) is 0 Å². The summed E-state index contributed by atoms with van der Waals surface area (Å²) in [5, 5.41) is 21.2. The van der Waals surface area contributed by atoms with E-state index in [0.29, 0.717) is 10.6 Å². The maximum absolute atomic E-state index is 10.9. The predicted octanol–water partition coefficient (Wildman–Crippen LogP) is 2.02. The van der Waals surface area contributed by atoms with Crippen LogP contribution in [-0.4, -0.2) is 16.1 Å². The Bertz CT molecular complexity index is 448. The molecule has 0 bridgehead atoms. The molecule has 92 valence electrons. The molecule has 2 atom stereocenters. The summed E-state index contributed by atoms with van der Waals surface area (Å²) >= 11 is 5.81. The third kappa shape index (κ3) is 2.57. The van der Waals surface area contributed by atoms with Gasteiger partial charge in [0.05, 0.1) is 22.6 Å². The number of halogens is 1. The van der Waals surface area contributed by atoms with Crippen molar-refractivity contribution in [3.05, 3.63) is 38.9 Å². The number of aliphatic hydroxyl groups excluding tert-OH is 1. The fourth-order valence-electron chi connectivity index (χ4n) is 1.87. The second kappa shape index (κ2) is 4.60. The minimum atomic E-state index is -0.762. The van der Waals surface area contributed by atoms with Gasteiger partial charge in [0.1, 0.15) is 0 Å². The highest BCUT2D eigenvalue weighted by atomic mass is 35.5. The standard InChI is InChI=1S/C11H13ClN2O3/c12-7-3-4-9(14(16)17)8(5-7)10(13)11(15)6-1-2-6/h3-6,10-11,15H,1-2,13H2/t10-,11+/m0/s1. The SMILES string of the molecule is N[C@@H](c1cc(Cl)ccc1[N+](=O)[O-])[C@H](O)C1CC1. The van der Waals surface area contributed by atoms with Crippen LogP contribution in [0.5, 0.6) is 0 Å². The molecule has 1 saturated carbocycles. The Morgan fingerprint density at radius 2 is 2.18 bits per heavy atom. The number of hydrogen-bond donors (Lipinski definition) is 2. The molecule has 17 heavy (non-hydrogen) atoms. The summed E-state index contributed by atoms with van der Waals surface area (Å²) < 4.78 is 0. The Morgan fingerprint density at radius 1 is 1.53 bits per heavy atom. The molecule has 3 N–H and O–H groups in total. The molecule has 0 aliphatic heterocycles. The average Bonchev–Trinajstić information content (AvgIpc) is 3.10. The van der Waals surface area contributed by atoms with E-state index in [4.69, 9.17) is 17.3 Å². The Kier molecular flexibility index (Phi) is 3.33. The quantitative estimate of drug-likeness (QED) is 0.637. The minimum Gasteiger partial charge on any atom is -0.391 e. The second-order valence-electron chi connectivity index (χ2n) is 4.31. The van der Waals surface area contributed by atoms with Gasteiger partial charge < -0.3 is 10.8 Å². The molecule has 0 saturated heterocycles. The fourth-order valence-corrected chi connectivity index (χ4v) is 2.05. The van der Waals surface area contributed by atoms with Crippen molar-refractivity contribution in [2.24, 2.45) is 11.7 Å². The average molecular weight is 257 g/mol. The van der Waals surface area contributed by atoms with Crippen LogP contribution in [0.4, 0.5) is 5.69 Å². The van der Waals surface area contributed by atoms with Gasteiger partial charge in [-0.2, -0.15) is 0 Å². The number of nitro groups is 1. The van der Waals surface area contributed by atoms with Gasteiger partial charge >= 0.3 is 0 Å². The summed E-state index contributed by atoms with van der Waals surface area (Å²) in [5.41, 5.74) is 6.07. The zero-order valence-corrected chi connectivity index (χ0v) is 9.80. The van der Waals surface area contributed by atoms with Gasteiger partial charge in [0.2, 0.25) is 0 Å². The van der Waals surface area contributed by atoms with E-state index in [1.807, 2.05) is 0 Å². The molecule has 1 aliphatic carbocycles. The Hall–Kier alpha value is -1.17. The molecule has 6 heteroatoms. The number of aliphatic hydroxyl groups is 1. The van der Waals surface area contributed by atoms with Crippen LogP contribution >= 0.6 is 11.6 Å². The zero-order valence-electron chi connectivity index (χ0n) is 9.04. The lowest BCUT2D eigenvalue weighted by molar-refractivity contribution is -0.385.